The Kier molecular flexibility index (Phi) is 7.69. The number of fused-ring (bicyclic) bond motifs is 1. The zero-order chi connectivity index (χ0) is 22.4. The van der Waals surface area contributed by atoms with Gasteiger partial charge in [-0.15, -0.1) is 0 Å². The summed E-state index contributed by atoms with van der Waals surface area (Å²) in [7, 11) is -2.33. The summed E-state index contributed by atoms with van der Waals surface area (Å²) in [5, 5.41) is 0. The van der Waals surface area contributed by atoms with Crippen LogP contribution in [0.25, 0.3) is 10.2 Å². The summed E-state index contributed by atoms with van der Waals surface area (Å²) < 4.78 is 32.3. The van der Waals surface area contributed by atoms with E-state index in [1.165, 1.54) is 18.4 Å². The Hall–Kier alpha value is -2.43. The number of hydrogen-bond acceptors (Lipinski definition) is 7. The molecule has 3 rings (SSSR count). The fraction of sp³-hybridized carbons (Fsp3) is 0.286. The highest BCUT2D eigenvalue weighted by molar-refractivity contribution is 7.98. The van der Waals surface area contributed by atoms with Crippen LogP contribution < -0.4 is 4.80 Å². The SMILES string of the molecule is COC(=O)c1ccc2c(c1)sc(=NC(=O)CS(=O)(=O)Cc1ccccc1)n2CCSC. The zero-order valence-electron chi connectivity index (χ0n) is 17.1. The third-order valence-electron chi connectivity index (χ3n) is 4.42. The average molecular weight is 479 g/mol. The summed E-state index contributed by atoms with van der Waals surface area (Å²) in [6.45, 7) is 0.599. The summed E-state index contributed by atoms with van der Waals surface area (Å²) in [6.07, 6.45) is 1.97. The molecule has 2 aromatic carbocycles. The number of thiazole rings is 1. The molecular weight excluding hydrogens is 456 g/mol. The van der Waals surface area contributed by atoms with E-state index in [9.17, 15) is 18.0 Å². The van der Waals surface area contributed by atoms with Gasteiger partial charge in [-0.3, -0.25) is 4.79 Å². The first-order chi connectivity index (χ1) is 14.8. The highest BCUT2D eigenvalue weighted by Crippen LogP contribution is 2.20. The minimum Gasteiger partial charge on any atom is -0.465 e. The minimum absolute atomic E-state index is 0.212. The standard InChI is InChI=1S/C21H22N2O5S3/c1-28-20(25)16-8-9-17-18(12-16)30-21(23(17)10-11-29-2)22-19(24)14-31(26,27)13-15-6-4-3-5-7-15/h3-9,12H,10-11,13-14H2,1-2H3. The summed E-state index contributed by atoms with van der Waals surface area (Å²) in [4.78, 5) is 28.9. The van der Waals surface area contributed by atoms with E-state index in [2.05, 4.69) is 4.99 Å². The number of ether oxygens (including phenoxy) is 1. The largest absolute Gasteiger partial charge is 0.465 e. The number of carbonyl (C=O) groups excluding carboxylic acids is 2. The number of aryl methyl sites for hydroxylation is 1. The van der Waals surface area contributed by atoms with Gasteiger partial charge in [0, 0.05) is 12.3 Å². The molecule has 0 radical (unpaired) electrons. The first-order valence-electron chi connectivity index (χ1n) is 9.35. The van der Waals surface area contributed by atoms with E-state index in [0.717, 1.165) is 16.0 Å². The lowest BCUT2D eigenvalue weighted by Crippen LogP contribution is -2.22. The number of benzene rings is 2. The van der Waals surface area contributed by atoms with E-state index in [-0.39, 0.29) is 5.75 Å². The zero-order valence-corrected chi connectivity index (χ0v) is 19.6. The first kappa shape index (κ1) is 23.2. The van der Waals surface area contributed by atoms with Crippen molar-refractivity contribution in [3.05, 3.63) is 64.5 Å². The molecule has 10 heteroatoms. The summed E-state index contributed by atoms with van der Waals surface area (Å²) >= 11 is 2.88. The molecular formula is C21H22N2O5S3. The second-order valence-corrected chi connectivity index (χ2v) is 10.8. The molecule has 7 nitrogen and oxygen atoms in total. The number of methoxy groups -OCH3 is 1. The summed E-state index contributed by atoms with van der Waals surface area (Å²) in [5.41, 5.74) is 1.85. The Bertz CT molecular complexity index is 1260. The number of rotatable bonds is 8. The average Bonchev–Trinajstić information content (AvgIpc) is 3.07. The van der Waals surface area contributed by atoms with Crippen LogP contribution >= 0.6 is 23.1 Å². The Morgan fingerprint density at radius 3 is 2.58 bits per heavy atom. The molecule has 0 N–H and O–H groups in total. The predicted octanol–water partition coefficient (Wildman–Crippen LogP) is 2.89. The molecule has 0 saturated carbocycles. The lowest BCUT2D eigenvalue weighted by Gasteiger charge is -2.05. The van der Waals surface area contributed by atoms with E-state index in [1.54, 1.807) is 60.3 Å². The molecule has 3 aromatic rings. The number of carbonyl (C=O) groups is 2. The molecule has 0 aliphatic rings. The second-order valence-electron chi connectivity index (χ2n) is 6.73. The van der Waals surface area contributed by atoms with E-state index in [4.69, 9.17) is 4.74 Å². The van der Waals surface area contributed by atoms with Crippen molar-refractivity contribution in [1.29, 1.82) is 0 Å². The number of amides is 1. The molecule has 0 fully saturated rings. The van der Waals surface area contributed by atoms with Crippen LogP contribution in [0, 0.1) is 0 Å². The maximum Gasteiger partial charge on any atom is 0.337 e. The van der Waals surface area contributed by atoms with Crippen LogP contribution in [0.3, 0.4) is 0 Å². The van der Waals surface area contributed by atoms with Crippen LogP contribution in [0.1, 0.15) is 15.9 Å². The van der Waals surface area contributed by atoms with Gasteiger partial charge in [0.1, 0.15) is 5.75 Å². The highest BCUT2D eigenvalue weighted by atomic mass is 32.2. The third-order valence-corrected chi connectivity index (χ3v) is 7.51. The quantitative estimate of drug-likeness (QED) is 0.462. The molecule has 31 heavy (non-hydrogen) atoms. The summed E-state index contributed by atoms with van der Waals surface area (Å²) in [5.74, 6) is -1.25. The lowest BCUT2D eigenvalue weighted by molar-refractivity contribution is -0.115. The van der Waals surface area contributed by atoms with Crippen molar-refractivity contribution in [2.24, 2.45) is 4.99 Å². The van der Waals surface area contributed by atoms with Gasteiger partial charge in [0.2, 0.25) is 0 Å². The number of aromatic nitrogens is 1. The minimum atomic E-state index is -3.65. The lowest BCUT2D eigenvalue weighted by atomic mass is 10.2. The number of thioether (sulfide) groups is 1. The Balaban J connectivity index is 1.93. The van der Waals surface area contributed by atoms with E-state index in [0.29, 0.717) is 22.5 Å². The molecule has 0 unspecified atom stereocenters. The second kappa shape index (κ2) is 10.3. The van der Waals surface area contributed by atoms with Gasteiger partial charge >= 0.3 is 5.97 Å². The number of sulfone groups is 1. The van der Waals surface area contributed by atoms with Crippen LogP contribution in [0.4, 0.5) is 0 Å². The van der Waals surface area contributed by atoms with E-state index in [1.807, 2.05) is 10.8 Å². The Morgan fingerprint density at radius 2 is 1.90 bits per heavy atom. The van der Waals surface area contributed by atoms with Gasteiger partial charge in [0.25, 0.3) is 5.91 Å². The topological polar surface area (TPSA) is 94.8 Å². The Morgan fingerprint density at radius 1 is 1.16 bits per heavy atom. The molecule has 1 amide bonds. The van der Waals surface area contributed by atoms with Gasteiger partial charge in [-0.1, -0.05) is 41.7 Å². The smallest absolute Gasteiger partial charge is 0.337 e. The Labute approximate surface area is 188 Å². The number of esters is 1. The third kappa shape index (κ3) is 6.05. The van der Waals surface area contributed by atoms with Crippen molar-refractivity contribution in [1.82, 2.24) is 4.57 Å². The monoisotopic (exact) mass is 478 g/mol. The van der Waals surface area contributed by atoms with Crippen LogP contribution in [0.2, 0.25) is 0 Å². The van der Waals surface area contributed by atoms with E-state index < -0.39 is 27.5 Å². The fourth-order valence-electron chi connectivity index (χ4n) is 3.01. The van der Waals surface area contributed by atoms with Gasteiger partial charge in [0.15, 0.2) is 14.6 Å². The van der Waals surface area contributed by atoms with Crippen molar-refractivity contribution in [2.45, 2.75) is 12.3 Å². The van der Waals surface area contributed by atoms with Gasteiger partial charge in [-0.2, -0.15) is 16.8 Å². The predicted molar refractivity (Wildman–Crippen MR) is 124 cm³/mol. The molecule has 1 aromatic heterocycles. The maximum absolute atomic E-state index is 12.5. The molecule has 164 valence electrons. The molecule has 0 aliphatic heterocycles. The van der Waals surface area contributed by atoms with E-state index >= 15 is 0 Å². The van der Waals surface area contributed by atoms with Crippen molar-refractivity contribution in [3.63, 3.8) is 0 Å². The van der Waals surface area contributed by atoms with Crippen molar-refractivity contribution in [2.75, 3.05) is 24.9 Å². The number of hydrogen-bond donors (Lipinski definition) is 0. The van der Waals surface area contributed by atoms with Gasteiger partial charge in [0.05, 0.1) is 28.6 Å². The molecule has 0 aliphatic carbocycles. The summed E-state index contributed by atoms with van der Waals surface area (Å²) in [6, 6.07) is 13.9. The fourth-order valence-corrected chi connectivity index (χ4v) is 5.73. The van der Waals surface area contributed by atoms with Crippen LogP contribution in [-0.4, -0.2) is 49.7 Å². The van der Waals surface area contributed by atoms with Crippen molar-refractivity contribution < 1.29 is 22.7 Å². The number of nitrogens with zero attached hydrogens (tertiary/aromatic N) is 2. The molecule has 1 heterocycles. The molecule has 0 bridgehead atoms. The van der Waals surface area contributed by atoms with Crippen molar-refractivity contribution >= 4 is 55.0 Å². The van der Waals surface area contributed by atoms with Gasteiger partial charge < -0.3 is 9.30 Å². The van der Waals surface area contributed by atoms with Crippen LogP contribution in [0.5, 0.6) is 0 Å². The van der Waals surface area contributed by atoms with Crippen molar-refractivity contribution in [3.8, 4) is 0 Å². The molecule has 0 saturated heterocycles. The molecule has 0 spiro atoms. The first-order valence-corrected chi connectivity index (χ1v) is 13.4. The normalized spacial score (nSPS) is 12.3. The highest BCUT2D eigenvalue weighted by Gasteiger charge is 2.18. The van der Waals surface area contributed by atoms with Crippen LogP contribution in [0.15, 0.2) is 53.5 Å². The van der Waals surface area contributed by atoms with Crippen LogP contribution in [-0.2, 0) is 31.7 Å². The van der Waals surface area contributed by atoms with Gasteiger partial charge in [-0.25, -0.2) is 13.2 Å². The van der Waals surface area contributed by atoms with Gasteiger partial charge in [-0.05, 0) is 30.0 Å². The maximum atomic E-state index is 12.5. The molecule has 0 atom stereocenters.